The highest BCUT2D eigenvalue weighted by Gasteiger charge is 2.39. The Morgan fingerprint density at radius 1 is 1.25 bits per heavy atom. The number of carbonyl (C=O) groups is 1. The van der Waals surface area contributed by atoms with E-state index in [1.165, 1.54) is 25.7 Å². The fourth-order valence-electron chi connectivity index (χ4n) is 3.80. The average Bonchev–Trinajstić information content (AvgIpc) is 3.00. The van der Waals surface area contributed by atoms with E-state index in [1.807, 2.05) is 6.07 Å². The Bertz CT molecular complexity index is 517. The summed E-state index contributed by atoms with van der Waals surface area (Å²) in [4.78, 5) is 12.0. The molecule has 2 saturated carbocycles. The van der Waals surface area contributed by atoms with Crippen LogP contribution in [-0.4, -0.2) is 5.91 Å². The Labute approximate surface area is 129 Å². The van der Waals surface area contributed by atoms with Crippen LogP contribution in [0.4, 0.5) is 0 Å². The van der Waals surface area contributed by atoms with Gasteiger partial charge in [0.1, 0.15) is 0 Å². The van der Waals surface area contributed by atoms with Crippen LogP contribution in [0.3, 0.4) is 0 Å². The molecule has 4 heteroatoms. The van der Waals surface area contributed by atoms with Crippen LogP contribution in [0.25, 0.3) is 0 Å². The molecule has 0 aliphatic heterocycles. The van der Waals surface area contributed by atoms with Crippen LogP contribution < -0.4 is 5.32 Å². The van der Waals surface area contributed by atoms with Gasteiger partial charge in [-0.25, -0.2) is 0 Å². The summed E-state index contributed by atoms with van der Waals surface area (Å²) in [6, 6.07) is 5.37. The first-order chi connectivity index (χ1) is 9.61. The summed E-state index contributed by atoms with van der Waals surface area (Å²) in [5.41, 5.74) is 0.914. The molecule has 2 aliphatic rings. The van der Waals surface area contributed by atoms with E-state index in [0.29, 0.717) is 28.9 Å². The number of halogens is 2. The Hall–Kier alpha value is -0.730. The molecule has 0 heterocycles. The minimum atomic E-state index is 0.147. The first-order valence-corrected chi connectivity index (χ1v) is 8.08. The van der Waals surface area contributed by atoms with E-state index in [0.717, 1.165) is 17.4 Å². The zero-order valence-corrected chi connectivity index (χ0v) is 12.9. The fraction of sp³-hybridized carbons (Fsp3) is 0.562. The summed E-state index contributed by atoms with van der Waals surface area (Å²) in [6.07, 6.45) is 5.97. The topological polar surface area (TPSA) is 29.1 Å². The predicted molar refractivity (Wildman–Crippen MR) is 81.9 cm³/mol. The molecule has 2 nitrogen and oxygen atoms in total. The predicted octanol–water partition coefficient (Wildman–Crippen LogP) is 4.44. The Kier molecular flexibility index (Phi) is 4.23. The van der Waals surface area contributed by atoms with Gasteiger partial charge >= 0.3 is 0 Å². The maximum Gasteiger partial charge on any atom is 0.220 e. The second-order valence-electron chi connectivity index (χ2n) is 6.15. The van der Waals surface area contributed by atoms with Crippen molar-refractivity contribution in [3.63, 3.8) is 0 Å². The fourth-order valence-corrected chi connectivity index (χ4v) is 4.27. The molecule has 0 aromatic heterocycles. The van der Waals surface area contributed by atoms with Gasteiger partial charge < -0.3 is 5.32 Å². The molecular weight excluding hydrogens is 293 g/mol. The molecule has 0 spiro atoms. The summed E-state index contributed by atoms with van der Waals surface area (Å²) < 4.78 is 0. The van der Waals surface area contributed by atoms with Crippen molar-refractivity contribution in [2.45, 2.75) is 38.6 Å². The van der Waals surface area contributed by atoms with E-state index in [1.54, 1.807) is 12.1 Å². The third kappa shape index (κ3) is 3.12. The lowest BCUT2D eigenvalue weighted by atomic mass is 9.86. The first-order valence-electron chi connectivity index (χ1n) is 7.32. The van der Waals surface area contributed by atoms with Gasteiger partial charge in [-0.3, -0.25) is 4.79 Å². The van der Waals surface area contributed by atoms with Crippen LogP contribution in [0.2, 0.25) is 10.0 Å². The zero-order chi connectivity index (χ0) is 14.1. The highest BCUT2D eigenvalue weighted by Crippen LogP contribution is 2.49. The molecule has 1 N–H and O–H groups in total. The van der Waals surface area contributed by atoms with Crippen molar-refractivity contribution < 1.29 is 4.79 Å². The molecule has 0 radical (unpaired) electrons. The highest BCUT2D eigenvalue weighted by atomic mass is 35.5. The lowest BCUT2D eigenvalue weighted by Gasteiger charge is -2.21. The highest BCUT2D eigenvalue weighted by molar-refractivity contribution is 6.35. The summed E-state index contributed by atoms with van der Waals surface area (Å²) >= 11 is 12.0. The second kappa shape index (κ2) is 5.95. The van der Waals surface area contributed by atoms with E-state index in [-0.39, 0.29) is 5.91 Å². The number of hydrogen-bond acceptors (Lipinski definition) is 1. The maximum atomic E-state index is 12.0. The van der Waals surface area contributed by atoms with Crippen molar-refractivity contribution in [1.29, 1.82) is 0 Å². The van der Waals surface area contributed by atoms with E-state index >= 15 is 0 Å². The molecule has 3 rings (SSSR count). The third-order valence-electron chi connectivity index (χ3n) is 4.82. The van der Waals surface area contributed by atoms with Crippen molar-refractivity contribution in [3.8, 4) is 0 Å². The number of carbonyl (C=O) groups excluding carboxylic acids is 1. The summed E-state index contributed by atoms with van der Waals surface area (Å²) in [5, 5.41) is 4.21. The standard InChI is InChI=1S/C16H19Cl2NO/c17-14-4-3-12(15(18)8-14)9-19-16(20)7-13-6-10-1-2-11(13)5-10/h3-4,8,10-11,13H,1-2,5-7,9H2,(H,19,20)/t10-,11-,13-/m0/s1. The van der Waals surface area contributed by atoms with Gasteiger partial charge in [-0.15, -0.1) is 0 Å². The van der Waals surface area contributed by atoms with Crippen LogP contribution in [-0.2, 0) is 11.3 Å². The molecule has 2 fully saturated rings. The number of hydrogen-bond donors (Lipinski definition) is 1. The number of fused-ring (bicyclic) bond motifs is 2. The summed E-state index contributed by atoms with van der Waals surface area (Å²) in [5.74, 6) is 2.44. The van der Waals surface area contributed by atoms with Gasteiger partial charge in [-0.2, -0.15) is 0 Å². The van der Waals surface area contributed by atoms with Crippen molar-refractivity contribution in [3.05, 3.63) is 33.8 Å². The molecule has 0 unspecified atom stereocenters. The maximum absolute atomic E-state index is 12.0. The first kappa shape index (κ1) is 14.2. The SMILES string of the molecule is O=C(C[C@@H]1C[C@H]2CC[C@H]1C2)NCc1ccc(Cl)cc1Cl. The molecule has 2 aliphatic carbocycles. The number of amides is 1. The van der Waals surface area contributed by atoms with Crippen molar-refractivity contribution in [1.82, 2.24) is 5.32 Å². The van der Waals surface area contributed by atoms with Crippen molar-refractivity contribution >= 4 is 29.1 Å². The Balaban J connectivity index is 1.49. The van der Waals surface area contributed by atoms with E-state index in [9.17, 15) is 4.79 Å². The molecular formula is C16H19Cl2NO. The molecule has 1 amide bonds. The molecule has 3 atom stereocenters. The van der Waals surface area contributed by atoms with Crippen LogP contribution in [0, 0.1) is 17.8 Å². The summed E-state index contributed by atoms with van der Waals surface area (Å²) in [6.45, 7) is 0.482. The molecule has 2 bridgehead atoms. The van der Waals surface area contributed by atoms with E-state index in [2.05, 4.69) is 5.32 Å². The van der Waals surface area contributed by atoms with E-state index < -0.39 is 0 Å². The van der Waals surface area contributed by atoms with Gasteiger partial charge in [0.2, 0.25) is 5.91 Å². The summed E-state index contributed by atoms with van der Waals surface area (Å²) in [7, 11) is 0. The molecule has 108 valence electrons. The van der Waals surface area contributed by atoms with Gasteiger partial charge in [0.05, 0.1) is 0 Å². The lowest BCUT2D eigenvalue weighted by Crippen LogP contribution is -2.27. The normalized spacial score (nSPS) is 27.8. The van der Waals surface area contributed by atoms with Crippen LogP contribution >= 0.6 is 23.2 Å². The van der Waals surface area contributed by atoms with Gasteiger partial charge in [-0.1, -0.05) is 35.7 Å². The number of rotatable bonds is 4. The second-order valence-corrected chi connectivity index (χ2v) is 7.00. The van der Waals surface area contributed by atoms with Gasteiger partial charge in [0, 0.05) is 23.0 Å². The third-order valence-corrected chi connectivity index (χ3v) is 5.41. The Morgan fingerprint density at radius 2 is 2.10 bits per heavy atom. The molecule has 0 saturated heterocycles. The average molecular weight is 312 g/mol. The van der Waals surface area contributed by atoms with Gasteiger partial charge in [0.15, 0.2) is 0 Å². The van der Waals surface area contributed by atoms with E-state index in [4.69, 9.17) is 23.2 Å². The van der Waals surface area contributed by atoms with Crippen LogP contribution in [0.1, 0.15) is 37.7 Å². The zero-order valence-electron chi connectivity index (χ0n) is 11.4. The van der Waals surface area contributed by atoms with Gasteiger partial charge in [0.25, 0.3) is 0 Å². The minimum Gasteiger partial charge on any atom is -0.352 e. The van der Waals surface area contributed by atoms with Crippen molar-refractivity contribution in [2.75, 3.05) is 0 Å². The largest absolute Gasteiger partial charge is 0.352 e. The number of benzene rings is 1. The minimum absolute atomic E-state index is 0.147. The quantitative estimate of drug-likeness (QED) is 0.875. The van der Waals surface area contributed by atoms with Gasteiger partial charge in [-0.05, 0) is 54.7 Å². The molecule has 20 heavy (non-hydrogen) atoms. The smallest absolute Gasteiger partial charge is 0.220 e. The van der Waals surface area contributed by atoms with Crippen LogP contribution in [0.5, 0.6) is 0 Å². The monoisotopic (exact) mass is 311 g/mol. The molecule has 1 aromatic rings. The Morgan fingerprint density at radius 3 is 2.75 bits per heavy atom. The lowest BCUT2D eigenvalue weighted by molar-refractivity contribution is -0.122. The van der Waals surface area contributed by atoms with Crippen LogP contribution in [0.15, 0.2) is 18.2 Å². The number of nitrogens with one attached hydrogen (secondary N) is 1. The molecule has 1 aromatic carbocycles. The van der Waals surface area contributed by atoms with Crippen molar-refractivity contribution in [2.24, 2.45) is 17.8 Å².